The maximum Gasteiger partial charge on any atom is 0.229 e. The zero-order valence-corrected chi connectivity index (χ0v) is 21.8. The van der Waals surface area contributed by atoms with Crippen molar-refractivity contribution < 1.29 is 14.3 Å². The first-order valence-electron chi connectivity index (χ1n) is 13.2. The van der Waals surface area contributed by atoms with E-state index in [4.69, 9.17) is 10.8 Å². The Morgan fingerprint density at radius 2 is 1.92 bits per heavy atom. The quantitative estimate of drug-likeness (QED) is 0.400. The number of hydrogen-bond donors (Lipinski definition) is 4. The number of aryl methyl sites for hydroxylation is 1. The van der Waals surface area contributed by atoms with E-state index >= 15 is 0 Å². The number of carbonyl (C=O) groups excluding carboxylic acids is 1. The molecule has 1 aliphatic heterocycles. The van der Waals surface area contributed by atoms with Gasteiger partial charge in [0.2, 0.25) is 11.9 Å². The zero-order valence-electron chi connectivity index (χ0n) is 21.8. The number of aliphatic hydroxyl groups is 1. The minimum Gasteiger partial charge on any atom is -0.395 e. The van der Waals surface area contributed by atoms with Crippen LogP contribution in [0.4, 0.5) is 27.5 Å². The van der Waals surface area contributed by atoms with Crippen molar-refractivity contribution in [2.24, 2.45) is 23.5 Å². The van der Waals surface area contributed by atoms with Crippen molar-refractivity contribution in [2.75, 3.05) is 54.9 Å². The van der Waals surface area contributed by atoms with Crippen molar-refractivity contribution in [1.29, 1.82) is 0 Å². The molecule has 1 saturated carbocycles. The van der Waals surface area contributed by atoms with Gasteiger partial charge in [0.15, 0.2) is 11.6 Å². The molecule has 1 amide bonds. The van der Waals surface area contributed by atoms with E-state index in [2.05, 4.69) is 49.5 Å². The van der Waals surface area contributed by atoms with E-state index in [-0.39, 0.29) is 48.1 Å². The number of piperazine rings is 1. The largest absolute Gasteiger partial charge is 0.395 e. The third-order valence-electron chi connectivity index (χ3n) is 7.42. The number of carbonyl (C=O) groups is 1. The van der Waals surface area contributed by atoms with Gasteiger partial charge in [0, 0.05) is 50.1 Å². The number of aliphatic hydroxyl groups excluding tert-OH is 1. The third-order valence-corrected chi connectivity index (χ3v) is 7.42. The third kappa shape index (κ3) is 5.86. The summed E-state index contributed by atoms with van der Waals surface area (Å²) in [7, 11) is 0. The number of amides is 1. The predicted octanol–water partition coefficient (Wildman–Crippen LogP) is 2.90. The topological polar surface area (TPSA) is 120 Å². The van der Waals surface area contributed by atoms with Crippen molar-refractivity contribution in [3.05, 3.63) is 47.9 Å². The number of nitrogens with zero attached hydrogens (tertiary/aromatic N) is 4. The Balaban J connectivity index is 0.00000156. The molecular weight excluding hydrogens is 473 g/mol. The van der Waals surface area contributed by atoms with E-state index < -0.39 is 5.82 Å². The van der Waals surface area contributed by atoms with Crippen LogP contribution < -0.4 is 21.3 Å². The second kappa shape index (κ2) is 11.9. The molecule has 3 aliphatic rings. The molecule has 1 aromatic carbocycles. The fourth-order valence-corrected chi connectivity index (χ4v) is 5.66. The number of fused-ring (bicyclic) bond motifs is 2. The van der Waals surface area contributed by atoms with Gasteiger partial charge in [-0.15, -0.1) is 0 Å². The van der Waals surface area contributed by atoms with E-state index in [1.165, 1.54) is 5.69 Å². The van der Waals surface area contributed by atoms with Gasteiger partial charge in [0.1, 0.15) is 0 Å². The second-order valence-corrected chi connectivity index (χ2v) is 9.62. The molecule has 9 nitrogen and oxygen atoms in total. The van der Waals surface area contributed by atoms with Crippen LogP contribution in [0.3, 0.4) is 0 Å². The van der Waals surface area contributed by atoms with Gasteiger partial charge in [-0.25, -0.2) is 9.37 Å². The van der Waals surface area contributed by atoms with Gasteiger partial charge in [-0.05, 0) is 48.9 Å². The minimum atomic E-state index is -0.572. The number of rotatable bonds is 8. The molecule has 5 rings (SSSR count). The number of β-amino-alcohol motifs (C(OH)–C–C–N with tert-alkyl or cyclic N) is 1. The van der Waals surface area contributed by atoms with Crippen LogP contribution in [-0.2, 0) is 4.79 Å². The molecule has 2 heterocycles. The average Bonchev–Trinajstić information content (AvgIpc) is 3.50. The van der Waals surface area contributed by atoms with E-state index in [0.29, 0.717) is 6.54 Å². The smallest absolute Gasteiger partial charge is 0.229 e. The minimum absolute atomic E-state index is 0.0637. The Labute approximate surface area is 218 Å². The second-order valence-electron chi connectivity index (χ2n) is 9.62. The Hall–Kier alpha value is -3.24. The summed E-state index contributed by atoms with van der Waals surface area (Å²) in [6, 6.07) is 5.78. The standard InChI is InChI=1S/C25H32FN7O2.C2H6/c1-15-12-18(4-5-20(15)33-8-6-32(7-9-33)10-11-34)29-25-28-14-19(26)24(31-25)30-22-17-3-2-16(13-17)21(22)23(27)35;1-2/h2-5,12,14,16-17,21-22,34H,6-11,13H2,1H3,(H2,27,35)(H2,28,29,30,31);1-2H3. The highest BCUT2D eigenvalue weighted by atomic mass is 19.1. The number of aromatic nitrogens is 2. The molecule has 2 bridgehead atoms. The fourth-order valence-electron chi connectivity index (χ4n) is 5.66. The molecule has 2 aliphatic carbocycles. The van der Waals surface area contributed by atoms with Crippen LogP contribution in [0.25, 0.3) is 0 Å². The van der Waals surface area contributed by atoms with Crippen LogP contribution in [0.5, 0.6) is 0 Å². The number of anilines is 4. The lowest BCUT2D eigenvalue weighted by atomic mass is 9.88. The fraction of sp³-hybridized carbons (Fsp3) is 0.519. The number of primary amides is 1. The Morgan fingerprint density at radius 1 is 1.19 bits per heavy atom. The lowest BCUT2D eigenvalue weighted by Gasteiger charge is -2.36. The van der Waals surface area contributed by atoms with E-state index in [9.17, 15) is 9.18 Å². The summed E-state index contributed by atoms with van der Waals surface area (Å²) in [4.78, 5) is 25.1. The zero-order chi connectivity index (χ0) is 26.5. The first-order valence-corrected chi connectivity index (χ1v) is 13.2. The molecular formula is C27H38FN7O2. The molecule has 10 heteroatoms. The first kappa shape index (κ1) is 26.8. The monoisotopic (exact) mass is 511 g/mol. The molecule has 0 spiro atoms. The van der Waals surface area contributed by atoms with Gasteiger partial charge >= 0.3 is 0 Å². The van der Waals surface area contributed by atoms with Gasteiger partial charge in [-0.2, -0.15) is 4.98 Å². The molecule has 5 N–H and O–H groups in total. The summed E-state index contributed by atoms with van der Waals surface area (Å²) in [5, 5.41) is 15.4. The van der Waals surface area contributed by atoms with Crippen molar-refractivity contribution >= 4 is 29.0 Å². The van der Waals surface area contributed by atoms with Crippen LogP contribution in [0.15, 0.2) is 36.5 Å². The number of hydrogen-bond acceptors (Lipinski definition) is 8. The summed E-state index contributed by atoms with van der Waals surface area (Å²) in [5.41, 5.74) is 8.72. The number of nitrogens with one attached hydrogen (secondary N) is 2. The number of nitrogens with two attached hydrogens (primary N) is 1. The predicted molar refractivity (Wildman–Crippen MR) is 144 cm³/mol. The summed E-state index contributed by atoms with van der Waals surface area (Å²) in [6.45, 7) is 10.6. The van der Waals surface area contributed by atoms with Crippen molar-refractivity contribution in [3.8, 4) is 0 Å². The normalized spacial score (nSPS) is 24.5. The van der Waals surface area contributed by atoms with E-state index in [1.54, 1.807) is 0 Å². The Morgan fingerprint density at radius 3 is 2.59 bits per heavy atom. The van der Waals surface area contributed by atoms with Crippen LogP contribution in [0.2, 0.25) is 0 Å². The number of benzene rings is 1. The molecule has 1 saturated heterocycles. The van der Waals surface area contributed by atoms with Crippen LogP contribution in [0, 0.1) is 30.5 Å². The van der Waals surface area contributed by atoms with E-state index in [1.807, 2.05) is 32.1 Å². The van der Waals surface area contributed by atoms with Crippen LogP contribution in [0.1, 0.15) is 25.8 Å². The Kier molecular flexibility index (Phi) is 8.60. The molecule has 200 valence electrons. The average molecular weight is 512 g/mol. The van der Waals surface area contributed by atoms with Crippen molar-refractivity contribution in [1.82, 2.24) is 14.9 Å². The molecule has 1 aromatic heterocycles. The van der Waals surface area contributed by atoms with Crippen molar-refractivity contribution in [2.45, 2.75) is 33.2 Å². The van der Waals surface area contributed by atoms with Gasteiger partial charge in [0.05, 0.1) is 18.7 Å². The lowest BCUT2D eigenvalue weighted by Crippen LogP contribution is -2.47. The van der Waals surface area contributed by atoms with Crippen molar-refractivity contribution in [3.63, 3.8) is 0 Å². The van der Waals surface area contributed by atoms with E-state index in [0.717, 1.165) is 50.0 Å². The maximum atomic E-state index is 14.6. The molecule has 4 unspecified atom stereocenters. The van der Waals surface area contributed by atoms with Crippen LogP contribution >= 0.6 is 0 Å². The molecule has 2 aromatic rings. The molecule has 0 radical (unpaired) electrons. The lowest BCUT2D eigenvalue weighted by molar-refractivity contribution is -0.122. The first-order chi connectivity index (χ1) is 17.9. The van der Waals surface area contributed by atoms with Gasteiger partial charge in [0.25, 0.3) is 0 Å². The van der Waals surface area contributed by atoms with Gasteiger partial charge < -0.3 is 26.4 Å². The summed E-state index contributed by atoms with van der Waals surface area (Å²) in [5.74, 6) is -0.770. The molecule has 37 heavy (non-hydrogen) atoms. The molecule has 2 fully saturated rings. The summed E-state index contributed by atoms with van der Waals surface area (Å²) >= 11 is 0. The summed E-state index contributed by atoms with van der Waals surface area (Å²) in [6.07, 6.45) is 6.07. The SMILES string of the molecule is CC.Cc1cc(Nc2ncc(F)c(NC3C4C=CC(C4)C3C(N)=O)n2)ccc1N1CCN(CCO)CC1. The van der Waals surface area contributed by atoms with Gasteiger partial charge in [-0.1, -0.05) is 26.0 Å². The summed E-state index contributed by atoms with van der Waals surface area (Å²) < 4.78 is 14.6. The number of allylic oxidation sites excluding steroid dienone is 1. The maximum absolute atomic E-state index is 14.6. The Bertz CT molecular complexity index is 1120. The number of halogens is 1. The highest BCUT2D eigenvalue weighted by Crippen LogP contribution is 2.45. The highest BCUT2D eigenvalue weighted by Gasteiger charge is 2.47. The van der Waals surface area contributed by atoms with Crippen LogP contribution in [-0.4, -0.2) is 71.3 Å². The molecule has 4 atom stereocenters. The van der Waals surface area contributed by atoms with Gasteiger partial charge in [-0.3, -0.25) is 9.69 Å². The highest BCUT2D eigenvalue weighted by molar-refractivity contribution is 5.79.